The van der Waals surface area contributed by atoms with Gasteiger partial charge in [-0.1, -0.05) is 69.5 Å². The van der Waals surface area contributed by atoms with Crippen LogP contribution in [0, 0.1) is 31.1 Å². The highest BCUT2D eigenvalue weighted by Crippen LogP contribution is 2.44. The van der Waals surface area contributed by atoms with Crippen molar-refractivity contribution in [2.45, 2.75) is 89.9 Å². The van der Waals surface area contributed by atoms with Gasteiger partial charge in [0.05, 0.1) is 6.61 Å². The number of unbranched alkanes of at least 4 members (excludes halogenated alkanes) is 3. The molecule has 2 saturated carbocycles. The average molecular weight is 489 g/mol. The summed E-state index contributed by atoms with van der Waals surface area (Å²) < 4.78 is 11.6. The first-order chi connectivity index (χ1) is 17.7. The van der Waals surface area contributed by atoms with Crippen LogP contribution in [0.3, 0.4) is 0 Å². The van der Waals surface area contributed by atoms with E-state index in [-0.39, 0.29) is 0 Å². The molecule has 2 aromatic rings. The molecule has 2 nitrogen and oxygen atoms in total. The largest absolute Gasteiger partial charge is 0.494 e. The fourth-order valence-electron chi connectivity index (χ4n) is 6.30. The van der Waals surface area contributed by atoms with Gasteiger partial charge in [-0.2, -0.15) is 0 Å². The van der Waals surface area contributed by atoms with Gasteiger partial charge in [0.25, 0.3) is 0 Å². The Morgan fingerprint density at radius 1 is 0.694 bits per heavy atom. The first-order valence-corrected chi connectivity index (χ1v) is 14.7. The molecule has 0 radical (unpaired) electrons. The van der Waals surface area contributed by atoms with Crippen LogP contribution in [0.4, 0.5) is 0 Å². The van der Waals surface area contributed by atoms with E-state index in [4.69, 9.17) is 9.47 Å². The molecule has 0 aliphatic heterocycles. The summed E-state index contributed by atoms with van der Waals surface area (Å²) in [5.74, 6) is 4.68. The van der Waals surface area contributed by atoms with Crippen molar-refractivity contribution in [3.05, 3.63) is 67.4 Å². The third-order valence-corrected chi connectivity index (χ3v) is 8.72. The second-order valence-electron chi connectivity index (χ2n) is 11.4. The van der Waals surface area contributed by atoms with Gasteiger partial charge < -0.3 is 9.47 Å². The Morgan fingerprint density at radius 2 is 1.25 bits per heavy atom. The quantitative estimate of drug-likeness (QED) is 0.206. The predicted molar refractivity (Wildman–Crippen MR) is 152 cm³/mol. The van der Waals surface area contributed by atoms with Gasteiger partial charge >= 0.3 is 0 Å². The minimum Gasteiger partial charge on any atom is -0.494 e. The van der Waals surface area contributed by atoms with Crippen LogP contribution in [-0.4, -0.2) is 19.8 Å². The maximum atomic E-state index is 5.93. The fourth-order valence-corrected chi connectivity index (χ4v) is 6.30. The summed E-state index contributed by atoms with van der Waals surface area (Å²) in [5.41, 5.74) is 4.10. The zero-order valence-corrected chi connectivity index (χ0v) is 22.6. The summed E-state index contributed by atoms with van der Waals surface area (Å²) in [6, 6.07) is 18.0. The fraction of sp³-hybridized carbons (Fsp3) is 0.588. The molecule has 2 aromatic carbocycles. The second-order valence-corrected chi connectivity index (χ2v) is 11.4. The molecule has 2 aliphatic carbocycles. The van der Waals surface area contributed by atoms with Crippen LogP contribution in [-0.2, 0) is 4.74 Å². The van der Waals surface area contributed by atoms with Gasteiger partial charge in [0.1, 0.15) is 5.75 Å². The van der Waals surface area contributed by atoms with Crippen molar-refractivity contribution < 1.29 is 9.47 Å². The smallest absolute Gasteiger partial charge is 0.119 e. The minimum absolute atomic E-state index is 0.742. The molecule has 0 unspecified atom stereocenters. The van der Waals surface area contributed by atoms with E-state index in [2.05, 4.69) is 62.4 Å². The Balaban J connectivity index is 1.16. The van der Waals surface area contributed by atoms with Gasteiger partial charge in [-0.3, -0.25) is 0 Å². The van der Waals surface area contributed by atoms with Crippen molar-refractivity contribution in [2.24, 2.45) is 17.8 Å². The van der Waals surface area contributed by atoms with E-state index in [1.165, 1.54) is 62.5 Å². The molecule has 0 saturated heterocycles. The van der Waals surface area contributed by atoms with E-state index < -0.39 is 0 Å². The molecule has 0 atom stereocenters. The molecular weight excluding hydrogens is 440 g/mol. The van der Waals surface area contributed by atoms with Crippen LogP contribution >= 0.6 is 0 Å². The molecule has 0 spiro atoms. The van der Waals surface area contributed by atoms with Crippen LogP contribution in [0.15, 0.2) is 48.5 Å². The molecule has 0 bridgehead atoms. The number of hydrogen-bond acceptors (Lipinski definition) is 2. The number of ether oxygens (including phenoxy) is 2. The van der Waals surface area contributed by atoms with E-state index >= 15 is 0 Å². The summed E-state index contributed by atoms with van der Waals surface area (Å²) in [7, 11) is 0. The highest BCUT2D eigenvalue weighted by atomic mass is 16.5. The van der Waals surface area contributed by atoms with Gasteiger partial charge in [0.2, 0.25) is 0 Å². The van der Waals surface area contributed by atoms with E-state index in [1.54, 1.807) is 5.56 Å². The minimum atomic E-state index is 0.742. The summed E-state index contributed by atoms with van der Waals surface area (Å²) in [6.07, 6.45) is 17.6. The standard InChI is InChI=1S/C34H48O2/c1-3-4-5-24-35-25-6-7-26-36-34-22-20-33(21-23-34)32-18-16-31(17-19-32)30-14-12-29(13-15-30)28-10-8-27(2)9-11-28/h3,16-23,27-30H,1,4-15,24-26H2,2H3. The van der Waals surface area contributed by atoms with E-state index in [0.717, 1.165) is 74.9 Å². The summed E-state index contributed by atoms with van der Waals surface area (Å²) in [5, 5.41) is 0. The van der Waals surface area contributed by atoms with Crippen LogP contribution in [0.1, 0.15) is 95.5 Å². The van der Waals surface area contributed by atoms with Crippen LogP contribution in [0.2, 0.25) is 0 Å². The first kappa shape index (κ1) is 27.1. The highest BCUT2D eigenvalue weighted by molar-refractivity contribution is 5.64. The molecule has 196 valence electrons. The molecule has 0 aromatic heterocycles. The Hall–Kier alpha value is -1.93. The molecular formula is C34H48O2. The number of benzene rings is 2. The van der Waals surface area contributed by atoms with E-state index in [1.807, 2.05) is 6.42 Å². The highest BCUT2D eigenvalue weighted by Gasteiger charge is 2.30. The second kappa shape index (κ2) is 14.7. The topological polar surface area (TPSA) is 18.5 Å². The first-order valence-electron chi connectivity index (χ1n) is 14.7. The van der Waals surface area contributed by atoms with Crippen molar-refractivity contribution in [3.63, 3.8) is 0 Å². The molecule has 0 N–H and O–H groups in total. The average Bonchev–Trinajstić information content (AvgIpc) is 2.93. The van der Waals surface area contributed by atoms with Crippen molar-refractivity contribution in [1.29, 1.82) is 0 Å². The zero-order chi connectivity index (χ0) is 25.0. The van der Waals surface area contributed by atoms with E-state index in [9.17, 15) is 0 Å². The molecule has 2 heteroatoms. The third-order valence-electron chi connectivity index (χ3n) is 8.72. The molecule has 2 fully saturated rings. The summed E-state index contributed by atoms with van der Waals surface area (Å²) in [6.45, 7) is 8.56. The van der Waals surface area contributed by atoms with Gasteiger partial charge in [0.15, 0.2) is 0 Å². The number of rotatable bonds is 13. The molecule has 2 aliphatic rings. The SMILES string of the molecule is [CH2+][CH-]CCCOCCCCOc1ccc(-c2ccc(C3CCC(C4CCC(C)CC4)CC3)cc2)cc1. The Labute approximate surface area is 221 Å². The van der Waals surface area contributed by atoms with Gasteiger partial charge in [0, 0.05) is 13.2 Å². The lowest BCUT2D eigenvalue weighted by Crippen LogP contribution is -2.24. The Kier molecular flexibility index (Phi) is 11.1. The summed E-state index contributed by atoms with van der Waals surface area (Å²) >= 11 is 0. The van der Waals surface area contributed by atoms with Crippen LogP contribution in [0.25, 0.3) is 11.1 Å². The third kappa shape index (κ3) is 8.30. The Morgan fingerprint density at radius 3 is 1.89 bits per heavy atom. The van der Waals surface area contributed by atoms with Crippen molar-refractivity contribution >= 4 is 0 Å². The molecule has 4 rings (SSSR count). The molecule has 0 amide bonds. The van der Waals surface area contributed by atoms with Crippen LogP contribution < -0.4 is 4.74 Å². The lowest BCUT2D eigenvalue weighted by Gasteiger charge is -2.37. The lowest BCUT2D eigenvalue weighted by molar-refractivity contribution is 0.124. The lowest BCUT2D eigenvalue weighted by atomic mass is 9.68. The summed E-state index contributed by atoms with van der Waals surface area (Å²) in [4.78, 5) is 0. The van der Waals surface area contributed by atoms with Crippen LogP contribution in [0.5, 0.6) is 5.75 Å². The normalized spacial score (nSPS) is 24.5. The van der Waals surface area contributed by atoms with Crippen molar-refractivity contribution in [3.8, 4) is 16.9 Å². The number of hydrogen-bond donors (Lipinski definition) is 0. The zero-order valence-electron chi connectivity index (χ0n) is 22.6. The monoisotopic (exact) mass is 488 g/mol. The maximum absolute atomic E-state index is 5.93. The van der Waals surface area contributed by atoms with Gasteiger partial charge in [-0.15, -0.1) is 12.8 Å². The molecule has 0 heterocycles. The van der Waals surface area contributed by atoms with Gasteiger partial charge in [-0.25, -0.2) is 0 Å². The molecule has 36 heavy (non-hydrogen) atoms. The van der Waals surface area contributed by atoms with Gasteiger partial charge in [-0.05, 0) is 104 Å². The van der Waals surface area contributed by atoms with E-state index in [0.29, 0.717) is 0 Å². The van der Waals surface area contributed by atoms with Crippen molar-refractivity contribution in [1.82, 2.24) is 0 Å². The van der Waals surface area contributed by atoms with Crippen molar-refractivity contribution in [2.75, 3.05) is 19.8 Å². The Bertz CT molecular complexity index is 840. The predicted octanol–water partition coefficient (Wildman–Crippen LogP) is 9.45. The maximum Gasteiger partial charge on any atom is 0.119 e.